The van der Waals surface area contributed by atoms with Crippen LogP contribution >= 0.6 is 0 Å². The molecule has 3 rings (SSSR count). The highest BCUT2D eigenvalue weighted by Crippen LogP contribution is 2.28. The number of carboxylic acids is 1. The van der Waals surface area contributed by atoms with Crippen LogP contribution < -0.4 is 0 Å². The highest BCUT2D eigenvalue weighted by atomic mass is 16.4. The van der Waals surface area contributed by atoms with E-state index in [1.165, 1.54) is 12.8 Å². The van der Waals surface area contributed by atoms with Crippen molar-refractivity contribution in [3.63, 3.8) is 0 Å². The molecule has 4 nitrogen and oxygen atoms in total. The molecule has 0 saturated carbocycles. The van der Waals surface area contributed by atoms with Gasteiger partial charge < -0.3 is 5.11 Å². The second kappa shape index (κ2) is 6.65. The van der Waals surface area contributed by atoms with Crippen LogP contribution in [0.25, 0.3) is 21.9 Å². The quantitative estimate of drug-likeness (QED) is 0.677. The molecule has 1 N–H and O–H groups in total. The lowest BCUT2D eigenvalue weighted by Crippen LogP contribution is -2.00. The van der Waals surface area contributed by atoms with Crippen molar-refractivity contribution in [2.24, 2.45) is 0 Å². The van der Waals surface area contributed by atoms with Crippen molar-refractivity contribution in [1.29, 1.82) is 0 Å². The molecule has 0 aliphatic rings. The number of aryl methyl sites for hydroxylation is 1. The molecule has 118 valence electrons. The molecule has 23 heavy (non-hydrogen) atoms. The number of nitrogens with zero attached hydrogens (tertiary/aromatic N) is 2. The zero-order chi connectivity index (χ0) is 16.2. The van der Waals surface area contributed by atoms with Crippen LogP contribution in [0.4, 0.5) is 0 Å². The van der Waals surface area contributed by atoms with Crippen LogP contribution in [-0.4, -0.2) is 20.9 Å². The van der Waals surface area contributed by atoms with Gasteiger partial charge in [-0.1, -0.05) is 44.0 Å². The summed E-state index contributed by atoms with van der Waals surface area (Å²) in [6, 6.07) is 11.5. The fourth-order valence-electron chi connectivity index (χ4n) is 2.80. The molecule has 0 aliphatic heterocycles. The molecule has 0 aliphatic carbocycles. The minimum absolute atomic E-state index is 0.316. The van der Waals surface area contributed by atoms with E-state index in [1.54, 1.807) is 12.3 Å². The number of unbranched alkanes of at least 4 members (excludes halogenated alkanes) is 2. The molecule has 2 aromatic carbocycles. The minimum Gasteiger partial charge on any atom is -0.478 e. The van der Waals surface area contributed by atoms with E-state index in [1.807, 2.05) is 41.2 Å². The van der Waals surface area contributed by atoms with Gasteiger partial charge in [0.05, 0.1) is 11.8 Å². The van der Waals surface area contributed by atoms with Crippen molar-refractivity contribution >= 4 is 16.7 Å². The first kappa shape index (κ1) is 15.3. The topological polar surface area (TPSA) is 55.1 Å². The Labute approximate surface area is 135 Å². The maximum absolute atomic E-state index is 11.6. The third-order valence-corrected chi connectivity index (χ3v) is 4.05. The van der Waals surface area contributed by atoms with Gasteiger partial charge in [0.25, 0.3) is 0 Å². The molecule has 0 fully saturated rings. The summed E-state index contributed by atoms with van der Waals surface area (Å²) >= 11 is 0. The van der Waals surface area contributed by atoms with Crippen molar-refractivity contribution < 1.29 is 9.90 Å². The number of carbonyl (C=O) groups is 1. The zero-order valence-electron chi connectivity index (χ0n) is 13.2. The van der Waals surface area contributed by atoms with Crippen molar-refractivity contribution in [2.75, 3.05) is 0 Å². The molecule has 0 atom stereocenters. The summed E-state index contributed by atoms with van der Waals surface area (Å²) in [6.07, 6.45) is 7.11. The lowest BCUT2D eigenvalue weighted by Gasteiger charge is -2.07. The maximum atomic E-state index is 11.6. The first-order valence-electron chi connectivity index (χ1n) is 7.98. The lowest BCUT2D eigenvalue weighted by molar-refractivity contribution is 0.0698. The van der Waals surface area contributed by atoms with E-state index in [-0.39, 0.29) is 0 Å². The van der Waals surface area contributed by atoms with Crippen molar-refractivity contribution in [1.82, 2.24) is 9.78 Å². The van der Waals surface area contributed by atoms with Gasteiger partial charge in [-0.25, -0.2) is 4.79 Å². The molecule has 0 unspecified atom stereocenters. The predicted octanol–water partition coefficient (Wildman–Crippen LogP) is 4.59. The Balaban J connectivity index is 2.01. The summed E-state index contributed by atoms with van der Waals surface area (Å²) in [7, 11) is 0. The zero-order valence-corrected chi connectivity index (χ0v) is 13.2. The Hall–Kier alpha value is -2.62. The number of hydrogen-bond acceptors (Lipinski definition) is 2. The van der Waals surface area contributed by atoms with E-state index in [0.29, 0.717) is 5.56 Å². The van der Waals surface area contributed by atoms with Crippen LogP contribution in [0, 0.1) is 0 Å². The Morgan fingerprint density at radius 3 is 2.61 bits per heavy atom. The summed E-state index contributed by atoms with van der Waals surface area (Å²) in [5.74, 6) is -0.913. The van der Waals surface area contributed by atoms with E-state index in [9.17, 15) is 9.90 Å². The normalized spacial score (nSPS) is 11.0. The molecule has 3 aromatic rings. The molecule has 0 saturated heterocycles. The van der Waals surface area contributed by atoms with E-state index < -0.39 is 5.97 Å². The molecule has 0 radical (unpaired) electrons. The van der Waals surface area contributed by atoms with E-state index >= 15 is 0 Å². The van der Waals surface area contributed by atoms with Gasteiger partial charge in [0.15, 0.2) is 0 Å². The molecule has 0 bridgehead atoms. The second-order valence-corrected chi connectivity index (χ2v) is 5.75. The summed E-state index contributed by atoms with van der Waals surface area (Å²) in [5, 5.41) is 15.9. The van der Waals surface area contributed by atoms with Crippen molar-refractivity contribution in [3.8, 4) is 11.1 Å². The molecule has 1 heterocycles. The number of benzene rings is 2. The number of rotatable bonds is 6. The fourth-order valence-corrected chi connectivity index (χ4v) is 2.80. The van der Waals surface area contributed by atoms with Gasteiger partial charge in [0.1, 0.15) is 0 Å². The highest BCUT2D eigenvalue weighted by Gasteiger charge is 2.14. The number of aromatic carboxylic acids is 1. The Kier molecular flexibility index (Phi) is 4.42. The van der Waals surface area contributed by atoms with Gasteiger partial charge in [-0.2, -0.15) is 5.10 Å². The largest absolute Gasteiger partial charge is 0.478 e. The van der Waals surface area contributed by atoms with E-state index in [2.05, 4.69) is 12.0 Å². The van der Waals surface area contributed by atoms with Gasteiger partial charge in [0, 0.05) is 18.3 Å². The molecule has 4 heteroatoms. The molecular weight excluding hydrogens is 288 g/mol. The van der Waals surface area contributed by atoms with E-state index in [0.717, 1.165) is 34.9 Å². The average molecular weight is 308 g/mol. The monoisotopic (exact) mass is 308 g/mol. The number of fused-ring (bicyclic) bond motifs is 1. The van der Waals surface area contributed by atoms with Crippen LogP contribution in [0.1, 0.15) is 36.5 Å². The van der Waals surface area contributed by atoms with Gasteiger partial charge in [-0.15, -0.1) is 0 Å². The van der Waals surface area contributed by atoms with Crippen molar-refractivity contribution in [3.05, 3.63) is 54.4 Å². The van der Waals surface area contributed by atoms with Gasteiger partial charge >= 0.3 is 5.97 Å². The van der Waals surface area contributed by atoms with Crippen molar-refractivity contribution in [2.45, 2.75) is 32.7 Å². The molecular formula is C19H20N2O2. The number of aromatic nitrogens is 2. The van der Waals surface area contributed by atoms with Crippen LogP contribution in [0.15, 0.2) is 48.8 Å². The molecule has 1 aromatic heterocycles. The van der Waals surface area contributed by atoms with Gasteiger partial charge in [-0.3, -0.25) is 4.68 Å². The third kappa shape index (κ3) is 3.26. The van der Waals surface area contributed by atoms with E-state index in [4.69, 9.17) is 0 Å². The molecule has 0 spiro atoms. The smallest absolute Gasteiger partial charge is 0.336 e. The van der Waals surface area contributed by atoms with Crippen LogP contribution in [0.2, 0.25) is 0 Å². The fraction of sp³-hybridized carbons (Fsp3) is 0.263. The predicted molar refractivity (Wildman–Crippen MR) is 91.7 cm³/mol. The summed E-state index contributed by atoms with van der Waals surface area (Å²) < 4.78 is 1.89. The Morgan fingerprint density at radius 1 is 1.17 bits per heavy atom. The Morgan fingerprint density at radius 2 is 1.91 bits per heavy atom. The van der Waals surface area contributed by atoms with Gasteiger partial charge in [0.2, 0.25) is 0 Å². The van der Waals surface area contributed by atoms with Crippen LogP contribution in [-0.2, 0) is 6.54 Å². The summed E-state index contributed by atoms with van der Waals surface area (Å²) in [4.78, 5) is 11.6. The summed E-state index contributed by atoms with van der Waals surface area (Å²) in [6.45, 7) is 3.03. The first-order chi connectivity index (χ1) is 11.2. The van der Waals surface area contributed by atoms with Gasteiger partial charge in [-0.05, 0) is 34.9 Å². The summed E-state index contributed by atoms with van der Waals surface area (Å²) in [5.41, 5.74) is 1.89. The lowest BCUT2D eigenvalue weighted by atomic mass is 9.97. The standard InChI is InChI=1S/C19H20N2O2/c1-2-3-6-9-21-13-16(12-20-21)17-10-14-7-4-5-8-15(14)11-18(17)19(22)23/h4-5,7-8,10-13H,2-3,6,9H2,1H3,(H,22,23). The second-order valence-electron chi connectivity index (χ2n) is 5.75. The molecule has 0 amide bonds. The number of hydrogen-bond donors (Lipinski definition) is 1. The van der Waals surface area contributed by atoms with Crippen LogP contribution in [0.3, 0.4) is 0 Å². The number of carboxylic acid groups (broad SMARTS) is 1. The SMILES string of the molecule is CCCCCn1cc(-c2cc3ccccc3cc2C(=O)O)cn1. The minimum atomic E-state index is -0.913. The third-order valence-electron chi connectivity index (χ3n) is 4.05. The maximum Gasteiger partial charge on any atom is 0.336 e. The highest BCUT2D eigenvalue weighted by molar-refractivity contribution is 6.02. The van der Waals surface area contributed by atoms with Crippen LogP contribution in [0.5, 0.6) is 0 Å². The first-order valence-corrected chi connectivity index (χ1v) is 7.98. The Bertz CT molecular complexity index is 836. The average Bonchev–Trinajstić information content (AvgIpc) is 3.02.